The maximum atomic E-state index is 13.1. The molecule has 0 saturated heterocycles. The molecule has 8 heteroatoms. The van der Waals surface area contributed by atoms with E-state index in [1.165, 1.54) is 12.1 Å². The van der Waals surface area contributed by atoms with E-state index in [4.69, 9.17) is 10.1 Å². The van der Waals surface area contributed by atoms with Crippen LogP contribution in [-0.2, 0) is 24.4 Å². The number of benzene rings is 4. The molecule has 0 aliphatic heterocycles. The van der Waals surface area contributed by atoms with Gasteiger partial charge in [0.2, 0.25) is 11.5 Å². The summed E-state index contributed by atoms with van der Waals surface area (Å²) in [5, 5.41) is 15.0. The first-order valence-corrected chi connectivity index (χ1v) is 13.3. The van der Waals surface area contributed by atoms with Crippen LogP contribution in [0.25, 0.3) is 11.0 Å². The Hall–Kier alpha value is -4.69. The van der Waals surface area contributed by atoms with Gasteiger partial charge in [0.15, 0.2) is 0 Å². The SMILES string of the molecule is N=c1n(CCCOc2ccc(F)cc2)c2ccccc2n1Cc1ccc(CNCC(=O)Nc2ccccc2)cc1. The molecule has 0 bridgehead atoms. The number of nitrogens with one attached hydrogen (secondary N) is 3. The molecule has 40 heavy (non-hydrogen) atoms. The summed E-state index contributed by atoms with van der Waals surface area (Å²) < 4.78 is 22.9. The van der Waals surface area contributed by atoms with Gasteiger partial charge < -0.3 is 24.5 Å². The minimum absolute atomic E-state index is 0.0828. The Labute approximate surface area is 232 Å². The third kappa shape index (κ3) is 6.84. The fraction of sp³-hybridized carbons (Fsp3) is 0.188. The number of hydrogen-bond acceptors (Lipinski definition) is 4. The number of amides is 1. The summed E-state index contributed by atoms with van der Waals surface area (Å²) in [6.45, 7) is 2.49. The quantitative estimate of drug-likeness (QED) is 0.189. The lowest BCUT2D eigenvalue weighted by atomic mass is 10.1. The van der Waals surface area contributed by atoms with Crippen LogP contribution in [0, 0.1) is 11.2 Å². The molecule has 0 unspecified atom stereocenters. The highest BCUT2D eigenvalue weighted by Crippen LogP contribution is 2.16. The maximum absolute atomic E-state index is 13.1. The van der Waals surface area contributed by atoms with Crippen LogP contribution in [0.3, 0.4) is 0 Å². The number of hydrogen-bond donors (Lipinski definition) is 3. The molecule has 0 atom stereocenters. The number of para-hydroxylation sites is 3. The highest BCUT2D eigenvalue weighted by molar-refractivity contribution is 5.92. The number of nitrogens with zero attached hydrogens (tertiary/aromatic N) is 2. The second-order valence-electron chi connectivity index (χ2n) is 9.54. The number of rotatable bonds is 12. The standard InChI is InChI=1S/C32H32FN5O2/c33-26-15-17-28(18-16-26)40-20-6-19-37-29-9-4-5-10-30(29)38(32(37)34)23-25-13-11-24(12-14-25)21-35-22-31(39)36-27-7-2-1-3-8-27/h1-5,7-18,34-35H,6,19-23H2,(H,36,39). The summed E-state index contributed by atoms with van der Waals surface area (Å²) in [7, 11) is 0. The van der Waals surface area contributed by atoms with E-state index >= 15 is 0 Å². The average molecular weight is 538 g/mol. The molecule has 1 amide bonds. The predicted octanol–water partition coefficient (Wildman–Crippen LogP) is 5.31. The average Bonchev–Trinajstić information content (AvgIpc) is 3.23. The number of fused-ring (bicyclic) bond motifs is 1. The summed E-state index contributed by atoms with van der Waals surface area (Å²) >= 11 is 0. The van der Waals surface area contributed by atoms with Crippen molar-refractivity contribution in [1.29, 1.82) is 5.41 Å². The van der Waals surface area contributed by atoms with E-state index in [-0.39, 0.29) is 18.3 Å². The van der Waals surface area contributed by atoms with E-state index < -0.39 is 0 Å². The Morgan fingerprint density at radius 1 is 0.800 bits per heavy atom. The molecule has 1 aromatic heterocycles. The number of carbonyl (C=O) groups excluding carboxylic acids is 1. The van der Waals surface area contributed by atoms with Gasteiger partial charge in [0.1, 0.15) is 11.6 Å². The zero-order valence-corrected chi connectivity index (χ0v) is 22.1. The molecule has 0 fully saturated rings. The number of aromatic nitrogens is 2. The minimum Gasteiger partial charge on any atom is -0.494 e. The van der Waals surface area contributed by atoms with Gasteiger partial charge in [-0.2, -0.15) is 0 Å². The third-order valence-corrected chi connectivity index (χ3v) is 6.62. The number of anilines is 1. The molecular weight excluding hydrogens is 505 g/mol. The van der Waals surface area contributed by atoms with E-state index in [0.29, 0.717) is 44.0 Å². The van der Waals surface area contributed by atoms with Crippen molar-refractivity contribution in [3.63, 3.8) is 0 Å². The van der Waals surface area contributed by atoms with Crippen molar-refractivity contribution in [1.82, 2.24) is 14.5 Å². The molecule has 0 aliphatic carbocycles. The van der Waals surface area contributed by atoms with Crippen LogP contribution >= 0.6 is 0 Å². The number of aryl methyl sites for hydroxylation is 1. The van der Waals surface area contributed by atoms with Crippen LogP contribution in [0.2, 0.25) is 0 Å². The second-order valence-corrected chi connectivity index (χ2v) is 9.54. The summed E-state index contributed by atoms with van der Waals surface area (Å²) in [5.74, 6) is 0.263. The van der Waals surface area contributed by atoms with Crippen LogP contribution in [0.1, 0.15) is 17.5 Å². The highest BCUT2D eigenvalue weighted by Gasteiger charge is 2.11. The van der Waals surface area contributed by atoms with Gasteiger partial charge in [0.05, 0.1) is 30.7 Å². The molecule has 1 heterocycles. The van der Waals surface area contributed by atoms with Crippen LogP contribution < -0.4 is 21.0 Å². The van der Waals surface area contributed by atoms with E-state index in [1.54, 1.807) is 12.1 Å². The van der Waals surface area contributed by atoms with Crippen molar-refractivity contribution in [2.24, 2.45) is 0 Å². The number of ether oxygens (including phenoxy) is 1. The maximum Gasteiger partial charge on any atom is 0.238 e. The fourth-order valence-corrected chi connectivity index (χ4v) is 4.62. The number of halogens is 1. The van der Waals surface area contributed by atoms with Crippen molar-refractivity contribution in [2.45, 2.75) is 26.1 Å². The van der Waals surface area contributed by atoms with Crippen molar-refractivity contribution in [3.8, 4) is 5.75 Å². The third-order valence-electron chi connectivity index (χ3n) is 6.62. The Balaban J connectivity index is 1.17. The first-order chi connectivity index (χ1) is 19.6. The lowest BCUT2D eigenvalue weighted by Gasteiger charge is -2.09. The molecule has 0 spiro atoms. The molecule has 0 radical (unpaired) electrons. The molecule has 7 nitrogen and oxygen atoms in total. The molecule has 5 aromatic rings. The lowest BCUT2D eigenvalue weighted by molar-refractivity contribution is -0.115. The van der Waals surface area contributed by atoms with Crippen LogP contribution in [-0.4, -0.2) is 28.2 Å². The van der Waals surface area contributed by atoms with Crippen molar-refractivity contribution in [2.75, 3.05) is 18.5 Å². The monoisotopic (exact) mass is 537 g/mol. The Morgan fingerprint density at radius 3 is 2.17 bits per heavy atom. The van der Waals surface area contributed by atoms with Crippen molar-refractivity contribution < 1.29 is 13.9 Å². The first kappa shape index (κ1) is 26.9. The summed E-state index contributed by atoms with van der Waals surface area (Å²) in [6.07, 6.45) is 0.715. The van der Waals surface area contributed by atoms with Crippen molar-refractivity contribution >= 4 is 22.6 Å². The van der Waals surface area contributed by atoms with E-state index in [2.05, 4.69) is 22.8 Å². The summed E-state index contributed by atoms with van der Waals surface area (Å²) in [4.78, 5) is 12.1. The van der Waals surface area contributed by atoms with Crippen LogP contribution in [0.4, 0.5) is 10.1 Å². The van der Waals surface area contributed by atoms with Gasteiger partial charge in [0.25, 0.3) is 0 Å². The highest BCUT2D eigenvalue weighted by atomic mass is 19.1. The minimum atomic E-state index is -0.288. The summed E-state index contributed by atoms with van der Waals surface area (Å²) in [5.41, 5.74) is 5.39. The van der Waals surface area contributed by atoms with Gasteiger partial charge in [-0.1, -0.05) is 54.6 Å². The first-order valence-electron chi connectivity index (χ1n) is 13.3. The molecule has 4 aromatic carbocycles. The number of imidazole rings is 1. The zero-order chi connectivity index (χ0) is 27.7. The van der Waals surface area contributed by atoms with Gasteiger partial charge >= 0.3 is 0 Å². The van der Waals surface area contributed by atoms with Gasteiger partial charge in [-0.05, 0) is 66.1 Å². The van der Waals surface area contributed by atoms with Crippen molar-refractivity contribution in [3.05, 3.63) is 126 Å². The molecule has 0 aliphatic rings. The Morgan fingerprint density at radius 2 is 1.45 bits per heavy atom. The van der Waals surface area contributed by atoms with E-state index in [1.807, 2.05) is 75.9 Å². The Bertz CT molecular complexity index is 1610. The zero-order valence-electron chi connectivity index (χ0n) is 22.1. The smallest absolute Gasteiger partial charge is 0.238 e. The normalized spacial score (nSPS) is 11.0. The van der Waals surface area contributed by atoms with Crippen LogP contribution in [0.15, 0.2) is 103 Å². The molecule has 204 valence electrons. The van der Waals surface area contributed by atoms with E-state index in [9.17, 15) is 9.18 Å². The van der Waals surface area contributed by atoms with Crippen LogP contribution in [0.5, 0.6) is 5.75 Å². The second kappa shape index (κ2) is 12.9. The molecule has 3 N–H and O–H groups in total. The topological polar surface area (TPSA) is 84.1 Å². The summed E-state index contributed by atoms with van der Waals surface area (Å²) in [6, 6.07) is 31.7. The molecular formula is C32H32FN5O2. The van der Waals surface area contributed by atoms with Gasteiger partial charge in [-0.15, -0.1) is 0 Å². The Kier molecular flexibility index (Phi) is 8.68. The van der Waals surface area contributed by atoms with E-state index in [0.717, 1.165) is 27.8 Å². The molecule has 5 rings (SSSR count). The predicted molar refractivity (Wildman–Crippen MR) is 155 cm³/mol. The number of carbonyl (C=O) groups is 1. The van der Waals surface area contributed by atoms with Gasteiger partial charge in [-0.25, -0.2) is 4.39 Å². The van der Waals surface area contributed by atoms with Gasteiger partial charge in [0, 0.05) is 18.8 Å². The fourth-order valence-electron chi connectivity index (χ4n) is 4.62. The molecule has 0 saturated carbocycles. The largest absolute Gasteiger partial charge is 0.494 e. The van der Waals surface area contributed by atoms with Gasteiger partial charge in [-0.3, -0.25) is 10.2 Å². The lowest BCUT2D eigenvalue weighted by Crippen LogP contribution is -2.27.